The number of aliphatic hydroxyl groups excluding tert-OH is 1. The van der Waals surface area contributed by atoms with Crippen molar-refractivity contribution in [1.29, 1.82) is 0 Å². The maximum Gasteiger partial charge on any atom is 0.0703 e. The molecule has 1 saturated heterocycles. The fourth-order valence-corrected chi connectivity index (χ4v) is 1.82. The standard InChI is InChI=1S/C11H16N2O2/c14-9-10-2-3-12-8-11(10)13-4-1-6-15-7-5-13/h2-3,8,14H,1,4-7,9H2. The zero-order valence-electron chi connectivity index (χ0n) is 8.72. The van der Waals surface area contributed by atoms with Crippen molar-refractivity contribution in [3.05, 3.63) is 24.0 Å². The molecule has 1 N–H and O–H groups in total. The topological polar surface area (TPSA) is 45.6 Å². The van der Waals surface area contributed by atoms with E-state index in [4.69, 9.17) is 4.74 Å². The molecular formula is C11H16N2O2. The van der Waals surface area contributed by atoms with Gasteiger partial charge < -0.3 is 14.7 Å². The summed E-state index contributed by atoms with van der Waals surface area (Å²) < 4.78 is 5.40. The van der Waals surface area contributed by atoms with Crippen molar-refractivity contribution in [2.24, 2.45) is 0 Å². The maximum atomic E-state index is 9.23. The van der Waals surface area contributed by atoms with Crippen molar-refractivity contribution in [2.45, 2.75) is 13.0 Å². The highest BCUT2D eigenvalue weighted by molar-refractivity contribution is 5.51. The van der Waals surface area contributed by atoms with Crippen molar-refractivity contribution >= 4 is 5.69 Å². The fraction of sp³-hybridized carbons (Fsp3) is 0.545. The Kier molecular flexibility index (Phi) is 3.53. The lowest BCUT2D eigenvalue weighted by Gasteiger charge is -2.23. The number of nitrogens with zero attached hydrogens (tertiary/aromatic N) is 2. The minimum atomic E-state index is 0.0647. The Labute approximate surface area is 89.5 Å². The van der Waals surface area contributed by atoms with Gasteiger partial charge in [0.1, 0.15) is 0 Å². The highest BCUT2D eigenvalue weighted by Crippen LogP contribution is 2.20. The first-order chi connectivity index (χ1) is 7.42. The molecular weight excluding hydrogens is 192 g/mol. The number of ether oxygens (including phenoxy) is 1. The van der Waals surface area contributed by atoms with Crippen LogP contribution >= 0.6 is 0 Å². The number of hydrogen-bond donors (Lipinski definition) is 1. The molecule has 2 rings (SSSR count). The molecule has 0 amide bonds. The van der Waals surface area contributed by atoms with E-state index in [1.165, 1.54) is 0 Å². The van der Waals surface area contributed by atoms with Crippen LogP contribution in [-0.4, -0.2) is 36.4 Å². The molecule has 0 atom stereocenters. The average molecular weight is 208 g/mol. The number of aromatic nitrogens is 1. The predicted octanol–water partition coefficient (Wildman–Crippen LogP) is 0.801. The van der Waals surface area contributed by atoms with Gasteiger partial charge in [-0.3, -0.25) is 4.98 Å². The fourth-order valence-electron chi connectivity index (χ4n) is 1.82. The number of anilines is 1. The molecule has 1 aromatic heterocycles. The number of rotatable bonds is 2. The van der Waals surface area contributed by atoms with Crippen molar-refractivity contribution in [1.82, 2.24) is 4.98 Å². The summed E-state index contributed by atoms with van der Waals surface area (Å²) in [5.74, 6) is 0. The molecule has 0 saturated carbocycles. The van der Waals surface area contributed by atoms with Crippen LogP contribution in [0.4, 0.5) is 5.69 Å². The van der Waals surface area contributed by atoms with Gasteiger partial charge in [-0.05, 0) is 12.5 Å². The van der Waals surface area contributed by atoms with Crippen molar-refractivity contribution < 1.29 is 9.84 Å². The molecule has 1 aromatic rings. The zero-order valence-corrected chi connectivity index (χ0v) is 8.72. The molecule has 0 aromatic carbocycles. The molecule has 0 spiro atoms. The van der Waals surface area contributed by atoms with Gasteiger partial charge in [-0.15, -0.1) is 0 Å². The van der Waals surface area contributed by atoms with E-state index >= 15 is 0 Å². The van der Waals surface area contributed by atoms with Gasteiger partial charge in [-0.1, -0.05) is 0 Å². The Morgan fingerprint density at radius 3 is 3.20 bits per heavy atom. The minimum Gasteiger partial charge on any atom is -0.392 e. The molecule has 4 heteroatoms. The van der Waals surface area contributed by atoms with Crippen LogP contribution in [0.15, 0.2) is 18.5 Å². The molecule has 4 nitrogen and oxygen atoms in total. The molecule has 0 aliphatic carbocycles. The Bertz CT molecular complexity index is 309. The third-order valence-electron chi connectivity index (χ3n) is 2.62. The SMILES string of the molecule is OCc1ccncc1N1CCCOCC1. The van der Waals surface area contributed by atoms with Gasteiger partial charge in [0.25, 0.3) is 0 Å². The Morgan fingerprint density at radius 1 is 1.40 bits per heavy atom. The van der Waals surface area contributed by atoms with Gasteiger partial charge in [-0.25, -0.2) is 0 Å². The van der Waals surface area contributed by atoms with E-state index in [2.05, 4.69) is 9.88 Å². The van der Waals surface area contributed by atoms with Crippen LogP contribution in [0.2, 0.25) is 0 Å². The van der Waals surface area contributed by atoms with Crippen LogP contribution in [0.1, 0.15) is 12.0 Å². The quantitative estimate of drug-likeness (QED) is 0.781. The average Bonchev–Trinajstić information content (AvgIpc) is 2.57. The summed E-state index contributed by atoms with van der Waals surface area (Å²) in [6.45, 7) is 3.48. The van der Waals surface area contributed by atoms with Crippen LogP contribution < -0.4 is 4.90 Å². The lowest BCUT2D eigenvalue weighted by Crippen LogP contribution is -2.27. The van der Waals surface area contributed by atoms with Crippen LogP contribution in [0.25, 0.3) is 0 Å². The van der Waals surface area contributed by atoms with E-state index in [0.717, 1.165) is 44.0 Å². The van der Waals surface area contributed by atoms with Crippen LogP contribution in [0.5, 0.6) is 0 Å². The van der Waals surface area contributed by atoms with Gasteiger partial charge in [-0.2, -0.15) is 0 Å². The Balaban J connectivity index is 2.18. The zero-order chi connectivity index (χ0) is 10.5. The summed E-state index contributed by atoms with van der Waals surface area (Å²) in [5, 5.41) is 9.23. The smallest absolute Gasteiger partial charge is 0.0703 e. The summed E-state index contributed by atoms with van der Waals surface area (Å²) in [6.07, 6.45) is 4.56. The van der Waals surface area contributed by atoms with Gasteiger partial charge in [0.15, 0.2) is 0 Å². The summed E-state index contributed by atoms with van der Waals surface area (Å²) in [7, 11) is 0. The molecule has 15 heavy (non-hydrogen) atoms. The van der Waals surface area contributed by atoms with Crippen LogP contribution in [0, 0.1) is 0 Å². The molecule has 82 valence electrons. The van der Waals surface area contributed by atoms with Gasteiger partial charge in [0, 0.05) is 31.5 Å². The molecule has 2 heterocycles. The molecule has 0 bridgehead atoms. The maximum absolute atomic E-state index is 9.23. The normalized spacial score (nSPS) is 17.5. The monoisotopic (exact) mass is 208 g/mol. The highest BCUT2D eigenvalue weighted by atomic mass is 16.5. The second-order valence-corrected chi connectivity index (χ2v) is 3.62. The minimum absolute atomic E-state index is 0.0647. The molecule has 0 unspecified atom stereocenters. The van der Waals surface area contributed by atoms with Gasteiger partial charge in [0.2, 0.25) is 0 Å². The number of hydrogen-bond acceptors (Lipinski definition) is 4. The molecule has 0 radical (unpaired) electrons. The molecule has 1 fully saturated rings. The van der Waals surface area contributed by atoms with Crippen LogP contribution in [0.3, 0.4) is 0 Å². The first kappa shape index (κ1) is 10.4. The van der Waals surface area contributed by atoms with E-state index < -0.39 is 0 Å². The predicted molar refractivity (Wildman–Crippen MR) is 57.8 cm³/mol. The van der Waals surface area contributed by atoms with Gasteiger partial charge >= 0.3 is 0 Å². The number of aliphatic hydroxyl groups is 1. The summed E-state index contributed by atoms with van der Waals surface area (Å²) in [5.41, 5.74) is 1.97. The summed E-state index contributed by atoms with van der Waals surface area (Å²) >= 11 is 0. The van der Waals surface area contributed by atoms with Crippen molar-refractivity contribution in [3.8, 4) is 0 Å². The van der Waals surface area contributed by atoms with E-state index in [9.17, 15) is 5.11 Å². The third kappa shape index (κ3) is 2.46. The Hall–Kier alpha value is -1.13. The third-order valence-corrected chi connectivity index (χ3v) is 2.62. The highest BCUT2D eigenvalue weighted by Gasteiger charge is 2.12. The van der Waals surface area contributed by atoms with Crippen LogP contribution in [-0.2, 0) is 11.3 Å². The van der Waals surface area contributed by atoms with E-state index in [-0.39, 0.29) is 6.61 Å². The Morgan fingerprint density at radius 2 is 2.33 bits per heavy atom. The molecule has 1 aliphatic heterocycles. The summed E-state index contributed by atoms with van der Waals surface area (Å²) in [6, 6.07) is 1.86. The first-order valence-electron chi connectivity index (χ1n) is 5.28. The molecule has 1 aliphatic rings. The second-order valence-electron chi connectivity index (χ2n) is 3.62. The lowest BCUT2D eigenvalue weighted by molar-refractivity contribution is 0.152. The second kappa shape index (κ2) is 5.09. The number of pyridine rings is 1. The first-order valence-corrected chi connectivity index (χ1v) is 5.28. The van der Waals surface area contributed by atoms with Gasteiger partial charge in [0.05, 0.1) is 25.1 Å². The lowest BCUT2D eigenvalue weighted by atomic mass is 10.2. The van der Waals surface area contributed by atoms with E-state index in [0.29, 0.717) is 0 Å². The van der Waals surface area contributed by atoms with E-state index in [1.54, 1.807) is 6.20 Å². The van der Waals surface area contributed by atoms with E-state index in [1.807, 2.05) is 12.3 Å². The van der Waals surface area contributed by atoms with Crippen molar-refractivity contribution in [3.63, 3.8) is 0 Å². The summed E-state index contributed by atoms with van der Waals surface area (Å²) in [4.78, 5) is 6.33. The largest absolute Gasteiger partial charge is 0.392 e. The van der Waals surface area contributed by atoms with Crippen molar-refractivity contribution in [2.75, 3.05) is 31.2 Å².